The van der Waals surface area contributed by atoms with Crippen molar-refractivity contribution in [3.63, 3.8) is 0 Å². The third kappa shape index (κ3) is 5.61. The highest BCUT2D eigenvalue weighted by Crippen LogP contribution is 2.29. The van der Waals surface area contributed by atoms with E-state index in [0.29, 0.717) is 5.56 Å². The average molecular weight is 429 g/mol. The number of alkyl halides is 2. The molecule has 0 atom stereocenters. The van der Waals surface area contributed by atoms with Crippen LogP contribution in [0, 0.1) is 10.1 Å². The second-order valence-electron chi connectivity index (χ2n) is 5.90. The molecule has 2 aromatic carbocycles. The predicted octanol–water partition coefficient (Wildman–Crippen LogP) is 3.84. The predicted molar refractivity (Wildman–Crippen MR) is 104 cm³/mol. The summed E-state index contributed by atoms with van der Waals surface area (Å²) in [6, 6.07) is 9.46. The molecule has 2 aromatic rings. The third-order valence-electron chi connectivity index (χ3n) is 4.14. The largest absolute Gasteiger partial charge is 0.435 e. The van der Waals surface area contributed by atoms with E-state index in [1.54, 1.807) is 13.8 Å². The molecule has 0 aliphatic heterocycles. The van der Waals surface area contributed by atoms with Gasteiger partial charge in [0.15, 0.2) is 0 Å². The van der Waals surface area contributed by atoms with Crippen LogP contribution in [0.15, 0.2) is 47.4 Å². The lowest BCUT2D eigenvalue weighted by Crippen LogP contribution is -2.30. The summed E-state index contributed by atoms with van der Waals surface area (Å²) < 4.78 is 55.0. The van der Waals surface area contributed by atoms with E-state index in [4.69, 9.17) is 0 Å². The minimum atomic E-state index is -3.83. The maximum Gasteiger partial charge on any atom is 0.387 e. The van der Waals surface area contributed by atoms with Crippen molar-refractivity contribution in [2.24, 2.45) is 0 Å². The molecule has 158 valence electrons. The minimum Gasteiger partial charge on any atom is -0.435 e. The van der Waals surface area contributed by atoms with Crippen molar-refractivity contribution >= 4 is 21.4 Å². The molecule has 0 radical (unpaired) electrons. The van der Waals surface area contributed by atoms with Crippen LogP contribution >= 0.6 is 0 Å². The molecule has 0 bridgehead atoms. The van der Waals surface area contributed by atoms with E-state index in [9.17, 15) is 27.3 Å². The van der Waals surface area contributed by atoms with Gasteiger partial charge in [0.2, 0.25) is 10.0 Å². The normalized spacial score (nSPS) is 11.7. The zero-order valence-corrected chi connectivity index (χ0v) is 16.7. The Morgan fingerprint density at radius 3 is 2.28 bits per heavy atom. The van der Waals surface area contributed by atoms with Crippen molar-refractivity contribution in [3.05, 3.63) is 58.1 Å². The Balaban J connectivity index is 2.22. The van der Waals surface area contributed by atoms with Crippen LogP contribution in [0.5, 0.6) is 5.75 Å². The van der Waals surface area contributed by atoms with E-state index in [1.165, 1.54) is 40.7 Å². The van der Waals surface area contributed by atoms with Gasteiger partial charge in [0.25, 0.3) is 5.69 Å². The molecular weight excluding hydrogens is 408 g/mol. The lowest BCUT2D eigenvalue weighted by atomic mass is 10.2. The van der Waals surface area contributed by atoms with Crippen molar-refractivity contribution in [3.8, 4) is 5.75 Å². The number of nitrogens with zero attached hydrogens (tertiary/aromatic N) is 2. The van der Waals surface area contributed by atoms with Crippen LogP contribution in [-0.2, 0) is 16.6 Å². The highest BCUT2D eigenvalue weighted by molar-refractivity contribution is 7.89. The van der Waals surface area contributed by atoms with Crippen molar-refractivity contribution in [2.75, 3.05) is 18.4 Å². The molecule has 0 unspecified atom stereocenters. The molecule has 0 amide bonds. The van der Waals surface area contributed by atoms with Gasteiger partial charge in [-0.3, -0.25) is 10.1 Å². The first-order chi connectivity index (χ1) is 13.7. The van der Waals surface area contributed by atoms with Gasteiger partial charge in [-0.05, 0) is 29.8 Å². The van der Waals surface area contributed by atoms with Crippen LogP contribution < -0.4 is 10.1 Å². The number of sulfonamides is 1. The summed E-state index contributed by atoms with van der Waals surface area (Å²) in [5.74, 6) is 0.000641. The number of benzene rings is 2. The van der Waals surface area contributed by atoms with Crippen molar-refractivity contribution in [1.29, 1.82) is 0 Å². The molecule has 0 heterocycles. The number of nitro benzene ring substituents is 1. The van der Waals surface area contributed by atoms with Gasteiger partial charge >= 0.3 is 6.61 Å². The molecule has 8 nitrogen and oxygen atoms in total. The van der Waals surface area contributed by atoms with E-state index < -0.39 is 21.6 Å². The fraction of sp³-hybridized carbons (Fsp3) is 0.333. The number of hydrogen-bond acceptors (Lipinski definition) is 6. The van der Waals surface area contributed by atoms with Gasteiger partial charge in [0.05, 0.1) is 9.82 Å². The molecule has 29 heavy (non-hydrogen) atoms. The molecule has 11 heteroatoms. The number of nitro groups is 1. The second-order valence-corrected chi connectivity index (χ2v) is 7.84. The van der Waals surface area contributed by atoms with Gasteiger partial charge in [-0.2, -0.15) is 13.1 Å². The van der Waals surface area contributed by atoms with E-state index in [0.717, 1.165) is 6.07 Å². The van der Waals surface area contributed by atoms with Crippen LogP contribution in [-0.4, -0.2) is 37.3 Å². The Labute approximate surface area is 167 Å². The number of halogens is 2. The standard InChI is InChI=1S/C18H21F2N3O5S/c1-3-22(4-2)29(26,27)15-9-10-16(17(11-15)23(24)25)21-12-13-5-7-14(8-6-13)28-18(19)20/h5-11,18,21H,3-4,12H2,1-2H3. The van der Waals surface area contributed by atoms with E-state index in [1.807, 2.05) is 0 Å². The molecule has 0 fully saturated rings. The number of ether oxygens (including phenoxy) is 1. The highest BCUT2D eigenvalue weighted by atomic mass is 32.2. The molecule has 1 N–H and O–H groups in total. The monoisotopic (exact) mass is 429 g/mol. The quantitative estimate of drug-likeness (QED) is 0.455. The minimum absolute atomic E-state index is 0.000641. The Morgan fingerprint density at radius 2 is 1.76 bits per heavy atom. The molecule has 0 saturated heterocycles. The molecular formula is C18H21F2N3O5S. The van der Waals surface area contributed by atoms with Gasteiger partial charge in [-0.15, -0.1) is 0 Å². The summed E-state index contributed by atoms with van der Waals surface area (Å²) in [6.45, 7) is 1.10. The zero-order valence-electron chi connectivity index (χ0n) is 15.8. The Bertz CT molecular complexity index is 948. The van der Waals surface area contributed by atoms with Gasteiger partial charge < -0.3 is 10.1 Å². The molecule has 2 rings (SSSR count). The summed E-state index contributed by atoms with van der Waals surface area (Å²) in [6.07, 6.45) is 0. The second kappa shape index (κ2) is 9.61. The third-order valence-corrected chi connectivity index (χ3v) is 6.19. The fourth-order valence-corrected chi connectivity index (χ4v) is 4.15. The van der Waals surface area contributed by atoms with Crippen LogP contribution in [0.3, 0.4) is 0 Å². The van der Waals surface area contributed by atoms with Crippen LogP contribution in [0.2, 0.25) is 0 Å². The zero-order chi connectivity index (χ0) is 21.6. The van der Waals surface area contributed by atoms with E-state index in [2.05, 4.69) is 10.1 Å². The molecule has 0 aliphatic carbocycles. The van der Waals surface area contributed by atoms with Gasteiger partial charge in [-0.1, -0.05) is 26.0 Å². The Hall–Kier alpha value is -2.79. The topological polar surface area (TPSA) is 102 Å². The molecule has 0 spiro atoms. The lowest BCUT2D eigenvalue weighted by Gasteiger charge is -2.18. The summed E-state index contributed by atoms with van der Waals surface area (Å²) in [5.41, 5.74) is 0.429. The molecule has 0 aliphatic rings. The SMILES string of the molecule is CCN(CC)S(=O)(=O)c1ccc(NCc2ccc(OC(F)F)cc2)c([N+](=O)[O-])c1. The fourth-order valence-electron chi connectivity index (χ4n) is 2.67. The van der Waals surface area contributed by atoms with Gasteiger partial charge in [0, 0.05) is 25.7 Å². The Kier molecular flexibility index (Phi) is 7.46. The smallest absolute Gasteiger partial charge is 0.387 e. The van der Waals surface area contributed by atoms with Crippen LogP contribution in [0.1, 0.15) is 19.4 Å². The molecule has 0 aromatic heterocycles. The van der Waals surface area contributed by atoms with Gasteiger partial charge in [-0.25, -0.2) is 8.42 Å². The summed E-state index contributed by atoms with van der Waals surface area (Å²) >= 11 is 0. The van der Waals surface area contributed by atoms with Crippen molar-refractivity contribution < 1.29 is 26.9 Å². The number of hydrogen-bond donors (Lipinski definition) is 1. The van der Waals surface area contributed by atoms with Crippen molar-refractivity contribution in [2.45, 2.75) is 31.9 Å². The van der Waals surface area contributed by atoms with Crippen LogP contribution in [0.4, 0.5) is 20.2 Å². The number of anilines is 1. The highest BCUT2D eigenvalue weighted by Gasteiger charge is 2.25. The Morgan fingerprint density at radius 1 is 1.14 bits per heavy atom. The van der Waals surface area contributed by atoms with E-state index in [-0.39, 0.29) is 41.7 Å². The van der Waals surface area contributed by atoms with E-state index >= 15 is 0 Å². The number of nitrogens with one attached hydrogen (secondary N) is 1. The first-order valence-electron chi connectivity index (χ1n) is 8.75. The summed E-state index contributed by atoms with van der Waals surface area (Å²) in [4.78, 5) is 10.6. The average Bonchev–Trinajstić information content (AvgIpc) is 2.67. The summed E-state index contributed by atoms with van der Waals surface area (Å²) in [5, 5.41) is 14.3. The summed E-state index contributed by atoms with van der Waals surface area (Å²) in [7, 11) is -3.83. The maximum absolute atomic E-state index is 12.6. The first kappa shape index (κ1) is 22.5. The maximum atomic E-state index is 12.6. The molecule has 0 saturated carbocycles. The first-order valence-corrected chi connectivity index (χ1v) is 10.2. The van der Waals surface area contributed by atoms with Gasteiger partial charge in [0.1, 0.15) is 11.4 Å². The van der Waals surface area contributed by atoms with Crippen molar-refractivity contribution in [1.82, 2.24) is 4.31 Å². The van der Waals surface area contributed by atoms with Crippen LogP contribution in [0.25, 0.3) is 0 Å². The number of rotatable bonds is 10. The lowest BCUT2D eigenvalue weighted by molar-refractivity contribution is -0.384.